The number of nitrogens with one attached hydrogen (secondary N) is 1. The highest BCUT2D eigenvalue weighted by atomic mass is 16.1. The van der Waals surface area contributed by atoms with E-state index in [1.807, 2.05) is 24.3 Å². The lowest BCUT2D eigenvalue weighted by Crippen LogP contribution is -2.12. The topological polar surface area (TPSA) is 29.1 Å². The monoisotopic (exact) mass is 174 g/mol. The molecular formula is C11H12NO. The molecule has 1 aromatic rings. The molecule has 0 aliphatic rings. The van der Waals surface area contributed by atoms with Crippen LogP contribution in [-0.2, 0) is 4.79 Å². The van der Waals surface area contributed by atoms with Gasteiger partial charge in [-0.05, 0) is 25.5 Å². The first-order valence-corrected chi connectivity index (χ1v) is 3.99. The second kappa shape index (κ2) is 3.90. The molecule has 0 fully saturated rings. The summed E-state index contributed by atoms with van der Waals surface area (Å²) in [4.78, 5) is 11.2. The Labute approximate surface area is 78.3 Å². The van der Waals surface area contributed by atoms with Crippen LogP contribution in [0.15, 0.2) is 36.4 Å². The van der Waals surface area contributed by atoms with Crippen molar-refractivity contribution in [2.24, 2.45) is 0 Å². The van der Waals surface area contributed by atoms with Crippen LogP contribution in [0.3, 0.4) is 0 Å². The lowest BCUT2D eigenvalue weighted by Gasteiger charge is -2.06. The van der Waals surface area contributed by atoms with Crippen molar-refractivity contribution in [3.63, 3.8) is 0 Å². The zero-order chi connectivity index (χ0) is 9.84. The van der Waals surface area contributed by atoms with Crippen LogP contribution in [0, 0.1) is 6.92 Å². The molecule has 2 heteroatoms. The number of benzene rings is 1. The summed E-state index contributed by atoms with van der Waals surface area (Å²) in [6.45, 7) is 9.00. The molecule has 0 spiro atoms. The third-order valence-corrected chi connectivity index (χ3v) is 1.65. The molecule has 2 nitrogen and oxygen atoms in total. The van der Waals surface area contributed by atoms with E-state index < -0.39 is 0 Å². The summed E-state index contributed by atoms with van der Waals surface area (Å²) >= 11 is 0. The molecule has 0 bridgehead atoms. The fraction of sp³-hybridized carbons (Fsp3) is 0.0909. The predicted octanol–water partition coefficient (Wildman–Crippen LogP) is 2.38. The van der Waals surface area contributed by atoms with Gasteiger partial charge in [0.1, 0.15) is 0 Å². The van der Waals surface area contributed by atoms with Crippen LogP contribution in [0.1, 0.15) is 12.5 Å². The molecule has 0 saturated heterocycles. The summed E-state index contributed by atoms with van der Waals surface area (Å²) in [5.74, 6) is -0.170. The van der Waals surface area contributed by atoms with Crippen LogP contribution in [-0.4, -0.2) is 5.91 Å². The molecule has 1 N–H and O–H groups in total. The van der Waals surface area contributed by atoms with E-state index in [9.17, 15) is 4.79 Å². The third kappa shape index (κ3) is 2.44. The van der Waals surface area contributed by atoms with Crippen molar-refractivity contribution in [1.82, 2.24) is 0 Å². The minimum atomic E-state index is -0.170. The van der Waals surface area contributed by atoms with Crippen molar-refractivity contribution in [2.45, 2.75) is 6.92 Å². The lowest BCUT2D eigenvalue weighted by atomic mass is 10.2. The Morgan fingerprint density at radius 2 is 2.00 bits per heavy atom. The van der Waals surface area contributed by atoms with Crippen molar-refractivity contribution in [2.75, 3.05) is 5.32 Å². The summed E-state index contributed by atoms with van der Waals surface area (Å²) in [5, 5.41) is 2.71. The van der Waals surface area contributed by atoms with Gasteiger partial charge in [-0.15, -0.1) is 0 Å². The first-order chi connectivity index (χ1) is 6.11. The highest BCUT2D eigenvalue weighted by molar-refractivity contribution is 6.03. The third-order valence-electron chi connectivity index (χ3n) is 1.65. The van der Waals surface area contributed by atoms with Crippen LogP contribution in [0.25, 0.3) is 0 Å². The number of carbonyl (C=O) groups excluding carboxylic acids is 1. The maximum Gasteiger partial charge on any atom is 0.250 e. The zero-order valence-electron chi connectivity index (χ0n) is 7.63. The Kier molecular flexibility index (Phi) is 2.85. The molecule has 0 unspecified atom stereocenters. The van der Waals surface area contributed by atoms with Gasteiger partial charge in [0.15, 0.2) is 0 Å². The van der Waals surface area contributed by atoms with Crippen LogP contribution >= 0.6 is 0 Å². The minimum Gasteiger partial charge on any atom is -0.322 e. The highest BCUT2D eigenvalue weighted by Crippen LogP contribution is 2.13. The van der Waals surface area contributed by atoms with E-state index in [4.69, 9.17) is 0 Å². The van der Waals surface area contributed by atoms with Crippen LogP contribution in [0.4, 0.5) is 5.69 Å². The van der Waals surface area contributed by atoms with Gasteiger partial charge in [0.25, 0.3) is 5.91 Å². The normalized spacial score (nSPS) is 9.38. The highest BCUT2D eigenvalue weighted by Gasteiger charge is 2.03. The standard InChI is InChI=1S/C11H12NO/c1-8(2)11(13)12-10-7-5-4-6-9(10)3/h4-7H,1,3H2,2H3,(H,12,13). The van der Waals surface area contributed by atoms with Crippen molar-refractivity contribution in [1.29, 1.82) is 0 Å². The fourth-order valence-corrected chi connectivity index (χ4v) is 0.871. The molecule has 0 aromatic heterocycles. The molecule has 0 heterocycles. The number of para-hydroxylation sites is 1. The molecule has 1 radical (unpaired) electrons. The lowest BCUT2D eigenvalue weighted by molar-refractivity contribution is -0.112. The summed E-state index contributed by atoms with van der Waals surface area (Å²) < 4.78 is 0. The van der Waals surface area contributed by atoms with E-state index in [0.29, 0.717) is 5.57 Å². The Morgan fingerprint density at radius 3 is 2.54 bits per heavy atom. The van der Waals surface area contributed by atoms with E-state index in [1.165, 1.54) is 0 Å². The molecule has 13 heavy (non-hydrogen) atoms. The van der Waals surface area contributed by atoms with E-state index in [2.05, 4.69) is 18.8 Å². The van der Waals surface area contributed by atoms with Crippen LogP contribution in [0.5, 0.6) is 0 Å². The summed E-state index contributed by atoms with van der Waals surface area (Å²) in [6, 6.07) is 7.37. The fourth-order valence-electron chi connectivity index (χ4n) is 0.871. The van der Waals surface area contributed by atoms with Crippen LogP contribution < -0.4 is 5.32 Å². The molecular weight excluding hydrogens is 162 g/mol. The van der Waals surface area contributed by atoms with Crippen LogP contribution in [0.2, 0.25) is 0 Å². The number of anilines is 1. The van der Waals surface area contributed by atoms with E-state index in [0.717, 1.165) is 11.3 Å². The van der Waals surface area contributed by atoms with Gasteiger partial charge in [-0.25, -0.2) is 0 Å². The number of amides is 1. The molecule has 1 rings (SSSR count). The van der Waals surface area contributed by atoms with Gasteiger partial charge in [-0.1, -0.05) is 24.8 Å². The number of hydrogen-bond acceptors (Lipinski definition) is 1. The summed E-state index contributed by atoms with van der Waals surface area (Å²) in [5.41, 5.74) is 2.02. The number of hydrogen-bond donors (Lipinski definition) is 1. The van der Waals surface area contributed by atoms with Gasteiger partial charge < -0.3 is 5.32 Å². The van der Waals surface area contributed by atoms with Gasteiger partial charge in [-0.3, -0.25) is 4.79 Å². The van der Waals surface area contributed by atoms with E-state index in [-0.39, 0.29) is 5.91 Å². The van der Waals surface area contributed by atoms with Gasteiger partial charge in [-0.2, -0.15) is 0 Å². The maximum atomic E-state index is 11.2. The molecule has 0 aliphatic heterocycles. The second-order valence-corrected chi connectivity index (χ2v) is 2.89. The van der Waals surface area contributed by atoms with Gasteiger partial charge in [0.2, 0.25) is 0 Å². The average molecular weight is 174 g/mol. The molecule has 0 atom stereocenters. The summed E-state index contributed by atoms with van der Waals surface area (Å²) in [6.07, 6.45) is 0. The van der Waals surface area contributed by atoms with Gasteiger partial charge in [0.05, 0.1) is 0 Å². The number of carbonyl (C=O) groups is 1. The predicted molar refractivity (Wildman–Crippen MR) is 54.3 cm³/mol. The Bertz CT molecular complexity index is 342. The SMILES string of the molecule is [CH2]c1ccccc1NC(=O)C(=C)C. The Hall–Kier alpha value is -1.57. The first kappa shape index (κ1) is 9.52. The number of rotatable bonds is 2. The molecule has 0 saturated carbocycles. The molecule has 1 amide bonds. The van der Waals surface area contributed by atoms with Gasteiger partial charge >= 0.3 is 0 Å². The molecule has 0 aliphatic carbocycles. The first-order valence-electron chi connectivity index (χ1n) is 3.99. The maximum absolute atomic E-state index is 11.2. The zero-order valence-corrected chi connectivity index (χ0v) is 7.63. The smallest absolute Gasteiger partial charge is 0.250 e. The Morgan fingerprint density at radius 1 is 1.38 bits per heavy atom. The second-order valence-electron chi connectivity index (χ2n) is 2.89. The van der Waals surface area contributed by atoms with Crippen molar-refractivity contribution in [3.8, 4) is 0 Å². The van der Waals surface area contributed by atoms with Crippen molar-refractivity contribution < 1.29 is 4.79 Å². The van der Waals surface area contributed by atoms with E-state index in [1.54, 1.807) is 6.92 Å². The largest absolute Gasteiger partial charge is 0.322 e. The minimum absolute atomic E-state index is 0.170. The van der Waals surface area contributed by atoms with Crippen molar-refractivity contribution >= 4 is 11.6 Å². The Balaban J connectivity index is 2.81. The average Bonchev–Trinajstić information content (AvgIpc) is 2.08. The molecule has 67 valence electrons. The quantitative estimate of drug-likeness (QED) is 0.685. The van der Waals surface area contributed by atoms with E-state index >= 15 is 0 Å². The molecule has 1 aromatic carbocycles. The van der Waals surface area contributed by atoms with Gasteiger partial charge in [0, 0.05) is 11.3 Å². The van der Waals surface area contributed by atoms with Crippen molar-refractivity contribution in [3.05, 3.63) is 48.9 Å². The summed E-state index contributed by atoms with van der Waals surface area (Å²) in [7, 11) is 0.